The highest BCUT2D eigenvalue weighted by Crippen LogP contribution is 2.25. The number of rotatable bonds is 7. The van der Waals surface area contributed by atoms with Crippen molar-refractivity contribution in [1.82, 2.24) is 4.90 Å². The number of halogens is 2. The molecule has 0 spiro atoms. The standard InChI is InChI=1S/C24H28FNO2.ClH/c1-2-28-24(27)21-10-6-16-26(18-21)17-7-11-23(19-8-4-3-5-9-19)20-12-14-22(25)15-13-20;/h3-5,8-9,11-15,21H,2,6-7,10,16-18H2,1H3;1H/b23-11+;. The second kappa shape index (κ2) is 11.7. The van der Waals surface area contributed by atoms with Gasteiger partial charge in [-0.3, -0.25) is 4.79 Å². The Labute approximate surface area is 179 Å². The fraction of sp³-hybridized carbons (Fsp3) is 0.375. The Morgan fingerprint density at radius 2 is 1.83 bits per heavy atom. The van der Waals surface area contributed by atoms with Crippen LogP contribution in [-0.2, 0) is 9.53 Å². The van der Waals surface area contributed by atoms with Crippen molar-refractivity contribution in [3.05, 3.63) is 77.6 Å². The fourth-order valence-electron chi connectivity index (χ4n) is 3.75. The fourth-order valence-corrected chi connectivity index (χ4v) is 3.75. The molecule has 0 bridgehead atoms. The highest BCUT2D eigenvalue weighted by Gasteiger charge is 2.26. The van der Waals surface area contributed by atoms with Gasteiger partial charge in [0, 0.05) is 13.1 Å². The summed E-state index contributed by atoms with van der Waals surface area (Å²) in [5.74, 6) is -0.308. The van der Waals surface area contributed by atoms with Gasteiger partial charge in [-0.05, 0) is 61.6 Å². The lowest BCUT2D eigenvalue weighted by molar-refractivity contribution is -0.149. The predicted octanol–water partition coefficient (Wildman–Crippen LogP) is 5.34. The van der Waals surface area contributed by atoms with Gasteiger partial charge < -0.3 is 9.64 Å². The maximum absolute atomic E-state index is 13.3. The molecule has 0 N–H and O–H groups in total. The van der Waals surface area contributed by atoms with Crippen LogP contribution in [0.3, 0.4) is 0 Å². The molecule has 29 heavy (non-hydrogen) atoms. The van der Waals surface area contributed by atoms with Crippen LogP contribution in [0.15, 0.2) is 60.7 Å². The lowest BCUT2D eigenvalue weighted by atomic mass is 9.96. The first-order valence-corrected chi connectivity index (χ1v) is 10.1. The van der Waals surface area contributed by atoms with Gasteiger partial charge in [-0.15, -0.1) is 12.4 Å². The van der Waals surface area contributed by atoms with Crippen molar-refractivity contribution in [2.24, 2.45) is 5.92 Å². The Kier molecular flexibility index (Phi) is 9.36. The monoisotopic (exact) mass is 417 g/mol. The average Bonchev–Trinajstić information content (AvgIpc) is 2.73. The molecule has 3 rings (SSSR count). The largest absolute Gasteiger partial charge is 0.466 e. The number of benzene rings is 2. The van der Waals surface area contributed by atoms with Crippen molar-refractivity contribution in [3.8, 4) is 0 Å². The normalized spacial score (nSPS) is 17.4. The van der Waals surface area contributed by atoms with Gasteiger partial charge in [0.1, 0.15) is 5.82 Å². The molecule has 2 aromatic rings. The van der Waals surface area contributed by atoms with Crippen molar-refractivity contribution in [1.29, 1.82) is 0 Å². The van der Waals surface area contributed by atoms with Gasteiger partial charge >= 0.3 is 5.97 Å². The third kappa shape index (κ3) is 6.69. The van der Waals surface area contributed by atoms with Crippen LogP contribution in [0, 0.1) is 11.7 Å². The molecule has 156 valence electrons. The number of hydrogen-bond donors (Lipinski definition) is 0. The molecule has 1 heterocycles. The van der Waals surface area contributed by atoms with Crippen LogP contribution in [0.2, 0.25) is 0 Å². The van der Waals surface area contributed by atoms with Gasteiger partial charge in [0.2, 0.25) is 0 Å². The first kappa shape index (κ1) is 23.1. The highest BCUT2D eigenvalue weighted by atomic mass is 35.5. The molecular weight excluding hydrogens is 389 g/mol. The number of hydrogen-bond acceptors (Lipinski definition) is 3. The van der Waals surface area contributed by atoms with E-state index in [0.717, 1.165) is 55.6 Å². The van der Waals surface area contributed by atoms with Crippen molar-refractivity contribution >= 4 is 23.9 Å². The number of nitrogens with zero attached hydrogens (tertiary/aromatic N) is 1. The molecule has 5 heteroatoms. The van der Waals surface area contributed by atoms with Gasteiger partial charge in [-0.2, -0.15) is 0 Å². The number of carbonyl (C=O) groups excluding carboxylic acids is 1. The maximum Gasteiger partial charge on any atom is 0.310 e. The van der Waals surface area contributed by atoms with E-state index in [1.807, 2.05) is 37.3 Å². The second-order valence-electron chi connectivity index (χ2n) is 7.17. The summed E-state index contributed by atoms with van der Waals surface area (Å²) in [5.41, 5.74) is 3.24. The molecule has 1 aliphatic rings. The van der Waals surface area contributed by atoms with E-state index < -0.39 is 0 Å². The van der Waals surface area contributed by atoms with Gasteiger partial charge in [0.05, 0.1) is 12.5 Å². The zero-order valence-electron chi connectivity index (χ0n) is 16.9. The summed E-state index contributed by atoms with van der Waals surface area (Å²) < 4.78 is 18.5. The summed E-state index contributed by atoms with van der Waals surface area (Å²) in [6.45, 7) is 4.97. The molecule has 2 aromatic carbocycles. The minimum atomic E-state index is -0.227. The number of likely N-dealkylation sites (tertiary alicyclic amines) is 1. The third-order valence-corrected chi connectivity index (χ3v) is 5.16. The van der Waals surface area contributed by atoms with Crippen LogP contribution in [0.1, 0.15) is 37.3 Å². The first-order valence-electron chi connectivity index (χ1n) is 10.1. The number of esters is 1. The van der Waals surface area contributed by atoms with E-state index >= 15 is 0 Å². The van der Waals surface area contributed by atoms with Crippen molar-refractivity contribution in [2.45, 2.75) is 26.2 Å². The van der Waals surface area contributed by atoms with E-state index in [4.69, 9.17) is 4.74 Å². The van der Waals surface area contributed by atoms with Crippen LogP contribution >= 0.6 is 12.4 Å². The van der Waals surface area contributed by atoms with E-state index in [-0.39, 0.29) is 30.1 Å². The summed E-state index contributed by atoms with van der Waals surface area (Å²) >= 11 is 0. The molecule has 0 aliphatic carbocycles. The van der Waals surface area contributed by atoms with Crippen LogP contribution in [0.25, 0.3) is 5.57 Å². The summed E-state index contributed by atoms with van der Waals surface area (Å²) in [7, 11) is 0. The van der Waals surface area contributed by atoms with Crippen molar-refractivity contribution in [2.75, 3.05) is 26.2 Å². The van der Waals surface area contributed by atoms with E-state index in [1.54, 1.807) is 0 Å². The third-order valence-electron chi connectivity index (χ3n) is 5.16. The van der Waals surface area contributed by atoms with Gasteiger partial charge in [0.15, 0.2) is 0 Å². The molecule has 1 atom stereocenters. The van der Waals surface area contributed by atoms with Crippen LogP contribution in [0.5, 0.6) is 0 Å². The smallest absolute Gasteiger partial charge is 0.310 e. The molecule has 1 fully saturated rings. The molecule has 0 amide bonds. The Morgan fingerprint density at radius 1 is 1.14 bits per heavy atom. The summed E-state index contributed by atoms with van der Waals surface area (Å²) in [6.07, 6.45) is 5.03. The molecule has 0 radical (unpaired) electrons. The molecule has 0 saturated carbocycles. The van der Waals surface area contributed by atoms with E-state index in [1.165, 1.54) is 12.1 Å². The Bertz CT molecular complexity index is 792. The van der Waals surface area contributed by atoms with Crippen LogP contribution in [0.4, 0.5) is 4.39 Å². The zero-order valence-corrected chi connectivity index (χ0v) is 17.7. The highest BCUT2D eigenvalue weighted by molar-refractivity contribution is 5.85. The number of ether oxygens (including phenoxy) is 1. The second-order valence-corrected chi connectivity index (χ2v) is 7.17. The predicted molar refractivity (Wildman–Crippen MR) is 118 cm³/mol. The first-order chi connectivity index (χ1) is 13.7. The zero-order chi connectivity index (χ0) is 19.8. The van der Waals surface area contributed by atoms with Crippen molar-refractivity contribution in [3.63, 3.8) is 0 Å². The summed E-state index contributed by atoms with van der Waals surface area (Å²) in [6, 6.07) is 16.8. The van der Waals surface area contributed by atoms with Crippen molar-refractivity contribution < 1.29 is 13.9 Å². The topological polar surface area (TPSA) is 29.5 Å². The Morgan fingerprint density at radius 3 is 2.52 bits per heavy atom. The van der Waals surface area contributed by atoms with E-state index in [0.29, 0.717) is 6.61 Å². The lowest BCUT2D eigenvalue weighted by Gasteiger charge is -2.31. The minimum Gasteiger partial charge on any atom is -0.466 e. The summed E-state index contributed by atoms with van der Waals surface area (Å²) in [5, 5.41) is 0. The lowest BCUT2D eigenvalue weighted by Crippen LogP contribution is -2.39. The SMILES string of the molecule is CCOC(=O)C1CCCN(CC/C=C(\c2ccccc2)c2ccc(F)cc2)C1.Cl. The van der Waals surface area contributed by atoms with E-state index in [2.05, 4.69) is 23.1 Å². The van der Waals surface area contributed by atoms with Gasteiger partial charge in [0.25, 0.3) is 0 Å². The van der Waals surface area contributed by atoms with Crippen LogP contribution in [-0.4, -0.2) is 37.1 Å². The molecule has 1 aliphatic heterocycles. The summed E-state index contributed by atoms with van der Waals surface area (Å²) in [4.78, 5) is 14.4. The van der Waals surface area contributed by atoms with Crippen LogP contribution < -0.4 is 0 Å². The molecule has 3 nitrogen and oxygen atoms in total. The molecule has 1 saturated heterocycles. The van der Waals surface area contributed by atoms with Gasteiger partial charge in [-0.1, -0.05) is 48.5 Å². The quantitative estimate of drug-likeness (QED) is 0.569. The van der Waals surface area contributed by atoms with E-state index in [9.17, 15) is 9.18 Å². The molecule has 0 aromatic heterocycles. The number of carbonyl (C=O) groups is 1. The molecular formula is C24H29ClFNO2. The average molecular weight is 418 g/mol. The minimum absolute atomic E-state index is 0. The van der Waals surface area contributed by atoms with Gasteiger partial charge in [-0.25, -0.2) is 4.39 Å². The molecule has 1 unspecified atom stereocenters. The maximum atomic E-state index is 13.3. The Hall–Kier alpha value is -2.17. The Balaban J connectivity index is 0.00000300. The number of piperidine rings is 1.